The van der Waals surface area contributed by atoms with Crippen molar-refractivity contribution >= 4 is 23.3 Å². The molecular weight excluding hydrogens is 344 g/mol. The van der Waals surface area contributed by atoms with Crippen LogP contribution in [0.1, 0.15) is 22.8 Å². The maximum Gasteiger partial charge on any atom is 0.340 e. The third-order valence-corrected chi connectivity index (χ3v) is 3.43. The molecule has 0 aliphatic heterocycles. The number of para-hydroxylation sites is 1. The molecule has 0 aromatic heterocycles. The van der Waals surface area contributed by atoms with Gasteiger partial charge in [0.2, 0.25) is 0 Å². The SMILES string of the molecule is CCOC(=O)c1ccccc1NC(=O)/C(C#N)=C\Nc1ccc(C#N)cc1. The van der Waals surface area contributed by atoms with Crippen molar-refractivity contribution in [2.24, 2.45) is 0 Å². The van der Waals surface area contributed by atoms with E-state index in [9.17, 15) is 14.9 Å². The number of carbonyl (C=O) groups excluding carboxylic acids is 2. The zero-order valence-corrected chi connectivity index (χ0v) is 14.5. The Kier molecular flexibility index (Phi) is 6.69. The van der Waals surface area contributed by atoms with Crippen molar-refractivity contribution in [2.75, 3.05) is 17.2 Å². The molecule has 7 nitrogen and oxygen atoms in total. The highest BCUT2D eigenvalue weighted by molar-refractivity contribution is 6.09. The maximum atomic E-state index is 12.4. The van der Waals surface area contributed by atoms with Gasteiger partial charge in [0.15, 0.2) is 0 Å². The number of nitrogens with one attached hydrogen (secondary N) is 2. The lowest BCUT2D eigenvalue weighted by Gasteiger charge is -2.10. The number of rotatable bonds is 6. The van der Waals surface area contributed by atoms with Crippen molar-refractivity contribution in [2.45, 2.75) is 6.92 Å². The molecule has 1 amide bonds. The largest absolute Gasteiger partial charge is 0.462 e. The van der Waals surface area contributed by atoms with Crippen LogP contribution in [0.5, 0.6) is 0 Å². The van der Waals surface area contributed by atoms with Gasteiger partial charge < -0.3 is 15.4 Å². The predicted molar refractivity (Wildman–Crippen MR) is 99.5 cm³/mol. The molecule has 0 aliphatic rings. The van der Waals surface area contributed by atoms with E-state index in [2.05, 4.69) is 10.6 Å². The van der Waals surface area contributed by atoms with E-state index >= 15 is 0 Å². The summed E-state index contributed by atoms with van der Waals surface area (Å²) in [6, 6.07) is 16.7. The van der Waals surface area contributed by atoms with Crippen molar-refractivity contribution in [3.05, 3.63) is 71.4 Å². The standard InChI is InChI=1S/C20H16N4O3/c1-2-27-20(26)17-5-3-4-6-18(17)24-19(25)15(12-22)13-23-16-9-7-14(11-21)8-10-16/h3-10,13,23H,2H2,1H3,(H,24,25)/b15-13-. The molecular formula is C20H16N4O3. The van der Waals surface area contributed by atoms with E-state index in [1.54, 1.807) is 55.5 Å². The number of ether oxygens (including phenoxy) is 1. The summed E-state index contributed by atoms with van der Waals surface area (Å²) in [5.41, 5.74) is 1.38. The first-order chi connectivity index (χ1) is 13.1. The van der Waals surface area contributed by atoms with Crippen LogP contribution in [0.4, 0.5) is 11.4 Å². The van der Waals surface area contributed by atoms with Gasteiger partial charge in [-0.25, -0.2) is 4.79 Å². The normalized spacial score (nSPS) is 10.3. The van der Waals surface area contributed by atoms with E-state index in [4.69, 9.17) is 10.00 Å². The second-order valence-corrected chi connectivity index (χ2v) is 5.22. The van der Waals surface area contributed by atoms with E-state index in [0.29, 0.717) is 11.3 Å². The third-order valence-electron chi connectivity index (χ3n) is 3.43. The molecule has 0 heterocycles. The van der Waals surface area contributed by atoms with Crippen molar-refractivity contribution in [3.8, 4) is 12.1 Å². The van der Waals surface area contributed by atoms with Gasteiger partial charge in [0, 0.05) is 11.9 Å². The molecule has 134 valence electrons. The third kappa shape index (κ3) is 5.18. The zero-order chi connectivity index (χ0) is 19.6. The summed E-state index contributed by atoms with van der Waals surface area (Å²) < 4.78 is 4.96. The van der Waals surface area contributed by atoms with Crippen molar-refractivity contribution in [1.29, 1.82) is 10.5 Å². The minimum atomic E-state index is -0.671. The first-order valence-corrected chi connectivity index (χ1v) is 8.03. The summed E-state index contributed by atoms with van der Waals surface area (Å²) in [6.07, 6.45) is 1.25. The summed E-state index contributed by atoms with van der Waals surface area (Å²) in [6.45, 7) is 1.89. The van der Waals surface area contributed by atoms with E-state index < -0.39 is 11.9 Å². The average Bonchev–Trinajstić information content (AvgIpc) is 2.69. The van der Waals surface area contributed by atoms with E-state index in [1.165, 1.54) is 12.3 Å². The number of hydrogen-bond acceptors (Lipinski definition) is 6. The highest BCUT2D eigenvalue weighted by atomic mass is 16.5. The van der Waals surface area contributed by atoms with Gasteiger partial charge in [0.1, 0.15) is 11.6 Å². The van der Waals surface area contributed by atoms with Gasteiger partial charge in [0.25, 0.3) is 5.91 Å². The first kappa shape index (κ1) is 19.2. The Morgan fingerprint density at radius 2 is 1.81 bits per heavy atom. The Hall–Kier alpha value is -4.10. The molecule has 0 radical (unpaired) electrons. The van der Waals surface area contributed by atoms with Crippen LogP contribution in [0.2, 0.25) is 0 Å². The number of amides is 1. The number of nitriles is 2. The molecule has 2 rings (SSSR count). The number of hydrogen-bond donors (Lipinski definition) is 2. The van der Waals surface area contributed by atoms with Crippen LogP contribution in [-0.2, 0) is 9.53 Å². The van der Waals surface area contributed by atoms with Crippen LogP contribution in [0, 0.1) is 22.7 Å². The Labute approximate surface area is 156 Å². The quantitative estimate of drug-likeness (QED) is 0.464. The van der Waals surface area contributed by atoms with Gasteiger partial charge >= 0.3 is 5.97 Å². The van der Waals surface area contributed by atoms with Crippen LogP contribution >= 0.6 is 0 Å². The van der Waals surface area contributed by atoms with Gasteiger partial charge in [0.05, 0.1) is 29.5 Å². The highest BCUT2D eigenvalue weighted by Gasteiger charge is 2.16. The lowest BCUT2D eigenvalue weighted by Crippen LogP contribution is -2.17. The van der Waals surface area contributed by atoms with Crippen molar-refractivity contribution < 1.29 is 14.3 Å². The zero-order valence-electron chi connectivity index (χ0n) is 14.5. The summed E-state index contributed by atoms with van der Waals surface area (Å²) in [5.74, 6) is -1.23. The molecule has 0 saturated heterocycles. The monoisotopic (exact) mass is 360 g/mol. The summed E-state index contributed by atoms with van der Waals surface area (Å²) in [4.78, 5) is 24.3. The molecule has 2 aromatic rings. The smallest absolute Gasteiger partial charge is 0.340 e. The van der Waals surface area contributed by atoms with Crippen LogP contribution in [0.25, 0.3) is 0 Å². The maximum absolute atomic E-state index is 12.4. The van der Waals surface area contributed by atoms with Gasteiger partial charge in [-0.2, -0.15) is 10.5 Å². The topological polar surface area (TPSA) is 115 Å². The summed E-state index contributed by atoms with van der Waals surface area (Å²) >= 11 is 0. The number of carbonyl (C=O) groups is 2. The molecule has 7 heteroatoms. The van der Waals surface area contributed by atoms with Gasteiger partial charge in [-0.15, -0.1) is 0 Å². The first-order valence-electron chi connectivity index (χ1n) is 8.03. The Morgan fingerprint density at radius 3 is 2.44 bits per heavy atom. The fourth-order valence-electron chi connectivity index (χ4n) is 2.11. The Balaban J connectivity index is 2.14. The lowest BCUT2D eigenvalue weighted by molar-refractivity contribution is -0.112. The van der Waals surface area contributed by atoms with Gasteiger partial charge in [-0.3, -0.25) is 4.79 Å². The number of benzene rings is 2. The van der Waals surface area contributed by atoms with E-state index in [1.807, 2.05) is 6.07 Å². The highest BCUT2D eigenvalue weighted by Crippen LogP contribution is 2.17. The van der Waals surface area contributed by atoms with Crippen LogP contribution in [-0.4, -0.2) is 18.5 Å². The number of anilines is 2. The van der Waals surface area contributed by atoms with Crippen LogP contribution < -0.4 is 10.6 Å². The Bertz CT molecular complexity index is 950. The molecule has 27 heavy (non-hydrogen) atoms. The molecule has 0 saturated carbocycles. The van der Waals surface area contributed by atoms with Crippen molar-refractivity contribution in [3.63, 3.8) is 0 Å². The molecule has 0 atom stereocenters. The minimum absolute atomic E-state index is 0.182. The van der Waals surface area contributed by atoms with Crippen molar-refractivity contribution in [1.82, 2.24) is 0 Å². The molecule has 0 unspecified atom stereocenters. The fraction of sp³-hybridized carbons (Fsp3) is 0.100. The average molecular weight is 360 g/mol. The van der Waals surface area contributed by atoms with Gasteiger partial charge in [-0.1, -0.05) is 12.1 Å². The molecule has 0 spiro atoms. The lowest BCUT2D eigenvalue weighted by atomic mass is 10.1. The number of esters is 1. The fourth-order valence-corrected chi connectivity index (χ4v) is 2.11. The molecule has 0 fully saturated rings. The second-order valence-electron chi connectivity index (χ2n) is 5.22. The van der Waals surface area contributed by atoms with Gasteiger partial charge in [-0.05, 0) is 43.3 Å². The van der Waals surface area contributed by atoms with E-state index in [0.717, 1.165) is 0 Å². The number of nitrogens with zero attached hydrogens (tertiary/aromatic N) is 2. The summed E-state index contributed by atoms with van der Waals surface area (Å²) in [7, 11) is 0. The van der Waals surface area contributed by atoms with Crippen LogP contribution in [0.3, 0.4) is 0 Å². The molecule has 0 aliphatic carbocycles. The van der Waals surface area contributed by atoms with E-state index in [-0.39, 0.29) is 23.4 Å². The second kappa shape index (κ2) is 9.40. The Morgan fingerprint density at radius 1 is 1.11 bits per heavy atom. The molecule has 2 N–H and O–H groups in total. The van der Waals surface area contributed by atoms with Crippen LogP contribution in [0.15, 0.2) is 60.3 Å². The predicted octanol–water partition coefficient (Wildman–Crippen LogP) is 3.19. The minimum Gasteiger partial charge on any atom is -0.462 e. The summed E-state index contributed by atoms with van der Waals surface area (Å²) in [5, 5.41) is 23.4. The molecule has 0 bridgehead atoms. The molecule has 2 aromatic carbocycles.